The van der Waals surface area contributed by atoms with Gasteiger partial charge in [0, 0.05) is 31.2 Å². The van der Waals surface area contributed by atoms with Crippen LogP contribution in [0.15, 0.2) is 42.5 Å². The maximum Gasteiger partial charge on any atom is 0.305 e. The summed E-state index contributed by atoms with van der Waals surface area (Å²) in [7, 11) is 0. The molecule has 194 valence electrons. The molecule has 0 N–H and O–H groups in total. The third kappa shape index (κ3) is 5.73. The molecule has 7 heteroatoms. The fourth-order valence-corrected chi connectivity index (χ4v) is 4.89. The van der Waals surface area contributed by atoms with Crippen molar-refractivity contribution in [2.24, 2.45) is 0 Å². The minimum atomic E-state index is -1.07. The van der Waals surface area contributed by atoms with Gasteiger partial charge in [-0.1, -0.05) is 38.1 Å². The van der Waals surface area contributed by atoms with Gasteiger partial charge in [0.1, 0.15) is 24.1 Å². The van der Waals surface area contributed by atoms with Crippen molar-refractivity contribution in [1.29, 1.82) is 0 Å². The number of carbonyl (C=O) groups excluding carboxylic acids is 2. The molecule has 0 aliphatic carbocycles. The molecule has 2 unspecified atom stereocenters. The van der Waals surface area contributed by atoms with Crippen LogP contribution in [-0.2, 0) is 40.7 Å². The highest BCUT2D eigenvalue weighted by Gasteiger charge is 2.59. The monoisotopic (exact) mass is 496 g/mol. The molecule has 2 aromatic carbocycles. The predicted octanol–water partition coefficient (Wildman–Crippen LogP) is 4.99. The van der Waals surface area contributed by atoms with E-state index in [2.05, 4.69) is 31.2 Å². The number of esters is 2. The van der Waals surface area contributed by atoms with E-state index in [4.69, 9.17) is 23.7 Å². The highest BCUT2D eigenvalue weighted by atomic mass is 16.8. The Morgan fingerprint density at radius 3 is 2.44 bits per heavy atom. The summed E-state index contributed by atoms with van der Waals surface area (Å²) >= 11 is 0. The van der Waals surface area contributed by atoms with E-state index < -0.39 is 17.5 Å². The lowest BCUT2D eigenvalue weighted by molar-refractivity contribution is -0.253. The number of ether oxygens (including phenoxy) is 5. The molecule has 2 aliphatic heterocycles. The number of benzene rings is 2. The van der Waals surface area contributed by atoms with Gasteiger partial charge in [0.05, 0.1) is 13.2 Å². The van der Waals surface area contributed by atoms with E-state index in [-0.39, 0.29) is 31.6 Å². The highest BCUT2D eigenvalue weighted by molar-refractivity contribution is 5.69. The summed E-state index contributed by atoms with van der Waals surface area (Å²) in [6.45, 7) is 8.53. The molecule has 0 radical (unpaired) electrons. The zero-order chi connectivity index (χ0) is 25.8. The first-order chi connectivity index (χ1) is 17.3. The summed E-state index contributed by atoms with van der Waals surface area (Å²) in [6.07, 6.45) is 1.72. The van der Waals surface area contributed by atoms with Gasteiger partial charge >= 0.3 is 11.9 Å². The minimum Gasteiger partial charge on any atom is -0.494 e. The topological polar surface area (TPSA) is 80.3 Å². The van der Waals surface area contributed by atoms with Crippen LogP contribution in [0.4, 0.5) is 0 Å². The maximum absolute atomic E-state index is 12.1. The fourth-order valence-electron chi connectivity index (χ4n) is 4.89. The molecule has 7 nitrogen and oxygen atoms in total. The fraction of sp³-hybridized carbons (Fsp3) is 0.517. The molecule has 0 saturated carbocycles. The molecule has 2 fully saturated rings. The second-order valence-electron chi connectivity index (χ2n) is 9.61. The highest BCUT2D eigenvalue weighted by Crippen LogP contribution is 2.50. The van der Waals surface area contributed by atoms with Crippen LogP contribution in [0, 0.1) is 6.92 Å². The van der Waals surface area contributed by atoms with Gasteiger partial charge in [0.25, 0.3) is 0 Å². The Bertz CT molecular complexity index is 1080. The number of aryl methyl sites for hydroxylation is 1. The number of hydrogen-bond acceptors (Lipinski definition) is 7. The van der Waals surface area contributed by atoms with Crippen molar-refractivity contribution >= 4 is 11.9 Å². The number of fused-ring (bicyclic) bond motifs is 2. The second kappa shape index (κ2) is 11.0. The Labute approximate surface area is 213 Å². The molecular formula is C29H36O7. The van der Waals surface area contributed by atoms with E-state index in [1.165, 1.54) is 5.56 Å². The molecule has 2 aromatic rings. The van der Waals surface area contributed by atoms with E-state index in [1.54, 1.807) is 13.8 Å². The standard InChI is InChI=1S/C29H36O7/c1-5-26(30)33-18-28-16-25(35-27(31)6-2)17-29(36-28,34-19-28)23-11-8-20(4)22(15-23)14-21-9-12-24(13-10-21)32-7-3/h8-13,15,25H,5-7,14,16-19H2,1-4H3/t25?,28?,29-/m1/s1. The first kappa shape index (κ1) is 26.2. The molecule has 2 aliphatic rings. The van der Waals surface area contributed by atoms with Crippen LogP contribution in [-0.4, -0.2) is 43.5 Å². The average Bonchev–Trinajstić information content (AvgIpc) is 3.16. The van der Waals surface area contributed by atoms with E-state index in [1.807, 2.05) is 25.1 Å². The summed E-state index contributed by atoms with van der Waals surface area (Å²) in [5, 5.41) is 0. The minimum absolute atomic E-state index is 0.0620. The van der Waals surface area contributed by atoms with Gasteiger partial charge < -0.3 is 23.7 Å². The van der Waals surface area contributed by atoms with Gasteiger partial charge in [0.15, 0.2) is 5.79 Å². The quantitative estimate of drug-likeness (QED) is 0.429. The smallest absolute Gasteiger partial charge is 0.305 e. The summed E-state index contributed by atoms with van der Waals surface area (Å²) in [5.74, 6) is -0.784. The molecule has 2 bridgehead atoms. The number of hydrogen-bond donors (Lipinski definition) is 0. The third-order valence-corrected chi connectivity index (χ3v) is 6.84. The molecule has 0 amide bonds. The zero-order valence-electron chi connectivity index (χ0n) is 21.6. The van der Waals surface area contributed by atoms with E-state index in [0.29, 0.717) is 25.9 Å². The number of rotatable bonds is 10. The van der Waals surface area contributed by atoms with E-state index in [0.717, 1.165) is 28.9 Å². The van der Waals surface area contributed by atoms with Gasteiger partial charge in [-0.2, -0.15) is 0 Å². The van der Waals surface area contributed by atoms with Crippen LogP contribution in [0.25, 0.3) is 0 Å². The van der Waals surface area contributed by atoms with Gasteiger partial charge in [0.2, 0.25) is 0 Å². The van der Waals surface area contributed by atoms with Crippen LogP contribution >= 0.6 is 0 Å². The zero-order valence-corrected chi connectivity index (χ0v) is 21.6. The Morgan fingerprint density at radius 1 is 1.00 bits per heavy atom. The molecule has 0 aromatic heterocycles. The van der Waals surface area contributed by atoms with Crippen LogP contribution < -0.4 is 4.74 Å². The second-order valence-corrected chi connectivity index (χ2v) is 9.61. The van der Waals surface area contributed by atoms with Crippen LogP contribution in [0.3, 0.4) is 0 Å². The lowest BCUT2D eigenvalue weighted by Crippen LogP contribution is -2.49. The van der Waals surface area contributed by atoms with Crippen LogP contribution in [0.2, 0.25) is 0 Å². The molecule has 3 atom stereocenters. The molecule has 4 rings (SSSR count). The Balaban J connectivity index is 1.60. The lowest BCUT2D eigenvalue weighted by atomic mass is 9.87. The molecular weight excluding hydrogens is 460 g/mol. The summed E-state index contributed by atoms with van der Waals surface area (Å²) in [6, 6.07) is 14.3. The first-order valence-electron chi connectivity index (χ1n) is 12.8. The molecule has 36 heavy (non-hydrogen) atoms. The summed E-state index contributed by atoms with van der Waals surface area (Å²) in [4.78, 5) is 24.0. The van der Waals surface area contributed by atoms with Gasteiger partial charge in [-0.15, -0.1) is 0 Å². The predicted molar refractivity (Wildman–Crippen MR) is 134 cm³/mol. The Kier molecular flexibility index (Phi) is 8.00. The summed E-state index contributed by atoms with van der Waals surface area (Å²) < 4.78 is 29.7. The summed E-state index contributed by atoms with van der Waals surface area (Å²) in [5.41, 5.74) is 3.50. The van der Waals surface area contributed by atoms with E-state index in [9.17, 15) is 9.59 Å². The van der Waals surface area contributed by atoms with E-state index >= 15 is 0 Å². The SMILES string of the molecule is CCOc1ccc(Cc2cc([C@]34CC(OC(=O)CC)CC(COC(=O)CC)(CO3)O4)ccc2C)cc1. The van der Waals surface area contributed by atoms with Gasteiger partial charge in [-0.05, 0) is 55.2 Å². The van der Waals surface area contributed by atoms with Crippen molar-refractivity contribution in [3.63, 3.8) is 0 Å². The molecule has 2 saturated heterocycles. The normalized spacial score (nSPS) is 24.8. The number of carbonyl (C=O) groups is 2. The van der Waals surface area contributed by atoms with Crippen molar-refractivity contribution < 1.29 is 33.3 Å². The Hall–Kier alpha value is -2.90. The average molecular weight is 497 g/mol. The van der Waals surface area contributed by atoms with Gasteiger partial charge in [-0.25, -0.2) is 0 Å². The van der Waals surface area contributed by atoms with Crippen molar-refractivity contribution in [1.82, 2.24) is 0 Å². The first-order valence-corrected chi connectivity index (χ1v) is 12.8. The third-order valence-electron chi connectivity index (χ3n) is 6.84. The van der Waals surface area contributed by atoms with Crippen molar-refractivity contribution in [3.8, 4) is 5.75 Å². The molecule has 2 heterocycles. The Morgan fingerprint density at radius 2 is 1.75 bits per heavy atom. The van der Waals surface area contributed by atoms with Crippen molar-refractivity contribution in [2.45, 2.75) is 77.3 Å². The van der Waals surface area contributed by atoms with Crippen molar-refractivity contribution in [3.05, 3.63) is 64.7 Å². The van der Waals surface area contributed by atoms with Crippen molar-refractivity contribution in [2.75, 3.05) is 19.8 Å². The van der Waals surface area contributed by atoms with Gasteiger partial charge in [-0.3, -0.25) is 9.59 Å². The molecule has 0 spiro atoms. The maximum atomic E-state index is 12.1. The largest absolute Gasteiger partial charge is 0.494 e. The van der Waals surface area contributed by atoms with Crippen LogP contribution in [0.5, 0.6) is 5.75 Å². The lowest BCUT2D eigenvalue weighted by Gasteiger charge is -2.41. The van der Waals surface area contributed by atoms with Crippen LogP contribution in [0.1, 0.15) is 68.7 Å².